The molecule has 21 heavy (non-hydrogen) atoms. The summed E-state index contributed by atoms with van der Waals surface area (Å²) in [5.74, 6) is -0.263. The topological polar surface area (TPSA) is 107 Å². The molecule has 2 N–H and O–H groups in total. The molecule has 2 aromatic rings. The fourth-order valence-corrected chi connectivity index (χ4v) is 1.97. The van der Waals surface area contributed by atoms with E-state index >= 15 is 0 Å². The molecular weight excluding hydrogens is 274 g/mol. The Morgan fingerprint density at radius 2 is 2.24 bits per heavy atom. The maximum Gasteiger partial charge on any atom is 0.292 e. The summed E-state index contributed by atoms with van der Waals surface area (Å²) in [5.41, 5.74) is 6.56. The highest BCUT2D eigenvalue weighted by atomic mass is 16.6. The summed E-state index contributed by atoms with van der Waals surface area (Å²) < 4.78 is 1.65. The number of nitro benzene ring substituents is 1. The van der Waals surface area contributed by atoms with Crippen LogP contribution < -0.4 is 5.73 Å². The molecule has 8 heteroatoms. The molecule has 0 spiro atoms. The molecule has 0 unspecified atom stereocenters. The van der Waals surface area contributed by atoms with Crippen LogP contribution >= 0.6 is 0 Å². The number of amides is 1. The molecule has 0 bridgehead atoms. The molecule has 0 fully saturated rings. The second kappa shape index (κ2) is 5.61. The molecule has 110 valence electrons. The lowest BCUT2D eigenvalue weighted by Gasteiger charge is -2.16. The van der Waals surface area contributed by atoms with Gasteiger partial charge in [-0.3, -0.25) is 19.6 Å². The Balaban J connectivity index is 2.15. The van der Waals surface area contributed by atoms with Gasteiger partial charge in [0.05, 0.1) is 11.1 Å². The first-order chi connectivity index (χ1) is 9.88. The molecule has 1 heterocycles. The van der Waals surface area contributed by atoms with Crippen LogP contribution in [0.25, 0.3) is 0 Å². The first kappa shape index (κ1) is 14.5. The molecule has 0 aliphatic rings. The Morgan fingerprint density at radius 3 is 2.76 bits per heavy atom. The van der Waals surface area contributed by atoms with Crippen LogP contribution in [0, 0.1) is 10.1 Å². The largest absolute Gasteiger partial charge is 0.393 e. The Morgan fingerprint density at radius 1 is 1.52 bits per heavy atom. The first-order valence-electron chi connectivity index (χ1n) is 6.15. The van der Waals surface area contributed by atoms with Crippen molar-refractivity contribution in [2.75, 3.05) is 12.8 Å². The van der Waals surface area contributed by atoms with Crippen LogP contribution in [0.15, 0.2) is 30.6 Å². The molecule has 0 radical (unpaired) electrons. The number of carbonyl (C=O) groups excluding carboxylic acids is 1. The van der Waals surface area contributed by atoms with Crippen molar-refractivity contribution in [2.45, 2.75) is 6.54 Å². The zero-order valence-electron chi connectivity index (χ0n) is 11.7. The van der Waals surface area contributed by atoms with Gasteiger partial charge in [0.2, 0.25) is 0 Å². The number of hydrogen-bond acceptors (Lipinski definition) is 5. The average Bonchev–Trinajstić information content (AvgIpc) is 2.82. The summed E-state index contributed by atoms with van der Waals surface area (Å²) in [4.78, 5) is 23.9. The lowest BCUT2D eigenvalue weighted by atomic mass is 10.1. The molecule has 2 rings (SSSR count). The predicted molar refractivity (Wildman–Crippen MR) is 76.5 cm³/mol. The zero-order chi connectivity index (χ0) is 15.6. The zero-order valence-corrected chi connectivity index (χ0v) is 11.7. The summed E-state index contributed by atoms with van der Waals surface area (Å²) in [5, 5.41) is 14.7. The van der Waals surface area contributed by atoms with E-state index in [-0.39, 0.29) is 17.3 Å². The van der Waals surface area contributed by atoms with Gasteiger partial charge in [-0.15, -0.1) is 0 Å². The van der Waals surface area contributed by atoms with E-state index in [0.29, 0.717) is 12.1 Å². The Bertz CT molecular complexity index is 695. The van der Waals surface area contributed by atoms with Crippen LogP contribution in [-0.2, 0) is 13.6 Å². The van der Waals surface area contributed by atoms with E-state index in [1.165, 1.54) is 23.1 Å². The maximum atomic E-state index is 12.3. The fourth-order valence-electron chi connectivity index (χ4n) is 1.97. The van der Waals surface area contributed by atoms with Gasteiger partial charge in [0.1, 0.15) is 5.69 Å². The van der Waals surface area contributed by atoms with Gasteiger partial charge in [-0.05, 0) is 12.1 Å². The smallest absolute Gasteiger partial charge is 0.292 e. The number of nitrogens with zero attached hydrogens (tertiary/aromatic N) is 4. The molecule has 1 amide bonds. The molecule has 1 aromatic carbocycles. The minimum atomic E-state index is -0.580. The number of aromatic nitrogens is 2. The number of aryl methyl sites for hydroxylation is 1. The molecule has 0 saturated heterocycles. The number of benzene rings is 1. The monoisotopic (exact) mass is 289 g/mol. The van der Waals surface area contributed by atoms with E-state index in [0.717, 1.165) is 5.56 Å². The third-order valence-electron chi connectivity index (χ3n) is 3.00. The van der Waals surface area contributed by atoms with Gasteiger partial charge in [0.15, 0.2) is 0 Å². The highest BCUT2D eigenvalue weighted by Crippen LogP contribution is 2.22. The van der Waals surface area contributed by atoms with Crippen LogP contribution in [-0.4, -0.2) is 32.6 Å². The van der Waals surface area contributed by atoms with Crippen molar-refractivity contribution >= 4 is 17.3 Å². The maximum absolute atomic E-state index is 12.3. The van der Waals surface area contributed by atoms with E-state index < -0.39 is 4.92 Å². The lowest BCUT2D eigenvalue weighted by molar-refractivity contribution is -0.383. The molecule has 0 aliphatic heterocycles. The van der Waals surface area contributed by atoms with E-state index in [1.54, 1.807) is 25.0 Å². The third kappa shape index (κ3) is 3.16. The highest BCUT2D eigenvalue weighted by molar-refractivity contribution is 5.95. The molecule has 8 nitrogen and oxygen atoms in total. The standard InChI is InChI=1S/C13H15N5O3/c1-16(7-9-6-15-17(2)8-9)13(19)10-3-4-12(18(20)21)11(14)5-10/h3-6,8H,7,14H2,1-2H3. The van der Waals surface area contributed by atoms with E-state index in [4.69, 9.17) is 5.73 Å². The minimum absolute atomic E-state index is 0.0272. The quantitative estimate of drug-likeness (QED) is 0.516. The molecule has 1 aromatic heterocycles. The van der Waals surface area contributed by atoms with Crippen molar-refractivity contribution in [1.29, 1.82) is 0 Å². The third-order valence-corrected chi connectivity index (χ3v) is 3.00. The number of hydrogen-bond donors (Lipinski definition) is 1. The molecular formula is C13H15N5O3. The number of nitrogens with two attached hydrogens (primary N) is 1. The van der Waals surface area contributed by atoms with Crippen molar-refractivity contribution in [3.05, 3.63) is 51.8 Å². The van der Waals surface area contributed by atoms with Gasteiger partial charge in [0, 0.05) is 44.0 Å². The van der Waals surface area contributed by atoms with E-state index in [1.807, 2.05) is 6.20 Å². The second-order valence-corrected chi connectivity index (χ2v) is 4.71. The highest BCUT2D eigenvalue weighted by Gasteiger charge is 2.17. The molecule has 0 saturated carbocycles. The number of anilines is 1. The Hall–Kier alpha value is -2.90. The Kier molecular flexibility index (Phi) is 3.88. The average molecular weight is 289 g/mol. The lowest BCUT2D eigenvalue weighted by Crippen LogP contribution is -2.26. The van der Waals surface area contributed by atoms with Crippen LogP contribution in [0.4, 0.5) is 11.4 Å². The van der Waals surface area contributed by atoms with Crippen molar-refractivity contribution in [1.82, 2.24) is 14.7 Å². The summed E-state index contributed by atoms with van der Waals surface area (Å²) >= 11 is 0. The van der Waals surface area contributed by atoms with Crippen LogP contribution in [0.5, 0.6) is 0 Å². The SMILES string of the molecule is CN(Cc1cnn(C)c1)C(=O)c1ccc([N+](=O)[O-])c(N)c1. The molecule has 0 aliphatic carbocycles. The van der Waals surface area contributed by atoms with Gasteiger partial charge in [-0.1, -0.05) is 0 Å². The number of rotatable bonds is 4. The second-order valence-electron chi connectivity index (χ2n) is 4.71. The number of nitrogen functional groups attached to an aromatic ring is 1. The van der Waals surface area contributed by atoms with Crippen LogP contribution in [0.3, 0.4) is 0 Å². The van der Waals surface area contributed by atoms with Crippen LogP contribution in [0.1, 0.15) is 15.9 Å². The molecule has 0 atom stereocenters. The summed E-state index contributed by atoms with van der Waals surface area (Å²) in [6.45, 7) is 0.392. The summed E-state index contributed by atoms with van der Waals surface area (Å²) in [7, 11) is 3.44. The predicted octanol–water partition coefficient (Wildman–Crippen LogP) is 1.18. The summed E-state index contributed by atoms with van der Waals surface area (Å²) in [6.07, 6.45) is 3.49. The van der Waals surface area contributed by atoms with Crippen molar-refractivity contribution in [3.63, 3.8) is 0 Å². The van der Waals surface area contributed by atoms with E-state index in [9.17, 15) is 14.9 Å². The van der Waals surface area contributed by atoms with Gasteiger partial charge >= 0.3 is 0 Å². The van der Waals surface area contributed by atoms with Crippen molar-refractivity contribution in [2.24, 2.45) is 7.05 Å². The fraction of sp³-hybridized carbons (Fsp3) is 0.231. The van der Waals surface area contributed by atoms with Gasteiger partial charge < -0.3 is 10.6 Å². The van der Waals surface area contributed by atoms with Gasteiger partial charge in [-0.2, -0.15) is 5.10 Å². The first-order valence-corrected chi connectivity index (χ1v) is 6.15. The van der Waals surface area contributed by atoms with E-state index in [2.05, 4.69) is 5.10 Å². The van der Waals surface area contributed by atoms with Gasteiger partial charge in [0.25, 0.3) is 11.6 Å². The van der Waals surface area contributed by atoms with Gasteiger partial charge in [-0.25, -0.2) is 0 Å². The summed E-state index contributed by atoms with van der Waals surface area (Å²) in [6, 6.07) is 3.96. The Labute approximate surface area is 120 Å². The van der Waals surface area contributed by atoms with Crippen molar-refractivity contribution < 1.29 is 9.72 Å². The number of nitro groups is 1. The normalized spacial score (nSPS) is 10.4. The number of carbonyl (C=O) groups is 1. The van der Waals surface area contributed by atoms with Crippen molar-refractivity contribution in [3.8, 4) is 0 Å². The minimum Gasteiger partial charge on any atom is -0.393 e. The van der Waals surface area contributed by atoms with Crippen LogP contribution in [0.2, 0.25) is 0 Å².